The van der Waals surface area contributed by atoms with Gasteiger partial charge in [-0.2, -0.15) is 0 Å². The molecule has 0 aromatic rings. The van der Waals surface area contributed by atoms with Gasteiger partial charge in [0.25, 0.3) is 0 Å². The third kappa shape index (κ3) is 2.93. The highest BCUT2D eigenvalue weighted by molar-refractivity contribution is 5.96. The van der Waals surface area contributed by atoms with Crippen LogP contribution in [0.2, 0.25) is 0 Å². The predicted octanol–water partition coefficient (Wildman–Crippen LogP) is -0.761. The smallest absolute Gasteiger partial charge is 0.318 e. The van der Waals surface area contributed by atoms with E-state index in [2.05, 4.69) is 17.1 Å². The summed E-state index contributed by atoms with van der Waals surface area (Å²) in [4.78, 5) is 24.2. The molecule has 0 radical (unpaired) electrons. The fourth-order valence-corrected chi connectivity index (χ4v) is 2.26. The summed E-state index contributed by atoms with van der Waals surface area (Å²) in [6.45, 7) is 5.26. The van der Waals surface area contributed by atoms with Crippen molar-refractivity contribution in [2.75, 3.05) is 13.1 Å². The standard InChI is InChI=1S/C10H20N4O2/c1-6-3-8(4-11)5-14(6)7(2)9(15)13-10(12)16/h6-8H,3-5,11H2,1-2H3,(H3,12,13,15,16). The van der Waals surface area contributed by atoms with Crippen molar-refractivity contribution in [1.29, 1.82) is 0 Å². The van der Waals surface area contributed by atoms with Crippen molar-refractivity contribution in [2.45, 2.75) is 32.4 Å². The molecule has 1 aliphatic heterocycles. The number of hydrogen-bond donors (Lipinski definition) is 3. The van der Waals surface area contributed by atoms with Crippen molar-refractivity contribution in [3.8, 4) is 0 Å². The molecule has 1 rings (SSSR count). The zero-order chi connectivity index (χ0) is 12.3. The Morgan fingerprint density at radius 1 is 1.56 bits per heavy atom. The second kappa shape index (κ2) is 5.27. The van der Waals surface area contributed by atoms with Gasteiger partial charge in [0.2, 0.25) is 5.91 Å². The number of rotatable bonds is 3. The fourth-order valence-electron chi connectivity index (χ4n) is 2.26. The van der Waals surface area contributed by atoms with E-state index in [1.54, 1.807) is 6.92 Å². The number of imide groups is 1. The average Bonchev–Trinajstić information content (AvgIpc) is 2.57. The molecule has 1 fully saturated rings. The predicted molar refractivity (Wildman–Crippen MR) is 60.5 cm³/mol. The van der Waals surface area contributed by atoms with Crippen LogP contribution in [0.15, 0.2) is 0 Å². The molecule has 3 atom stereocenters. The number of amides is 3. The molecule has 1 aliphatic rings. The molecule has 5 N–H and O–H groups in total. The maximum Gasteiger partial charge on any atom is 0.318 e. The first-order chi connectivity index (χ1) is 7.45. The molecule has 0 bridgehead atoms. The molecule has 3 amide bonds. The number of carbonyl (C=O) groups is 2. The Balaban J connectivity index is 2.57. The van der Waals surface area contributed by atoms with Crippen molar-refractivity contribution in [3.63, 3.8) is 0 Å². The summed E-state index contributed by atoms with van der Waals surface area (Å²) < 4.78 is 0. The Labute approximate surface area is 95.3 Å². The molecule has 0 saturated carbocycles. The number of nitrogens with one attached hydrogen (secondary N) is 1. The van der Waals surface area contributed by atoms with E-state index in [9.17, 15) is 9.59 Å². The van der Waals surface area contributed by atoms with E-state index in [1.165, 1.54) is 0 Å². The van der Waals surface area contributed by atoms with E-state index in [-0.39, 0.29) is 11.9 Å². The quantitative estimate of drug-likeness (QED) is 0.591. The van der Waals surface area contributed by atoms with Gasteiger partial charge in [-0.05, 0) is 32.7 Å². The van der Waals surface area contributed by atoms with Crippen molar-refractivity contribution in [1.82, 2.24) is 10.2 Å². The van der Waals surface area contributed by atoms with Crippen LogP contribution in [0, 0.1) is 5.92 Å². The number of hydrogen-bond acceptors (Lipinski definition) is 4. The van der Waals surface area contributed by atoms with E-state index < -0.39 is 6.03 Å². The number of carbonyl (C=O) groups excluding carboxylic acids is 2. The average molecular weight is 228 g/mol. The van der Waals surface area contributed by atoms with Gasteiger partial charge in [-0.3, -0.25) is 15.0 Å². The van der Waals surface area contributed by atoms with Crippen LogP contribution in [-0.2, 0) is 4.79 Å². The Kier molecular flexibility index (Phi) is 4.26. The molecular weight excluding hydrogens is 208 g/mol. The highest BCUT2D eigenvalue weighted by Gasteiger charge is 2.34. The van der Waals surface area contributed by atoms with Gasteiger partial charge < -0.3 is 11.5 Å². The van der Waals surface area contributed by atoms with E-state index in [0.29, 0.717) is 18.5 Å². The van der Waals surface area contributed by atoms with Crippen LogP contribution in [-0.4, -0.2) is 42.0 Å². The lowest BCUT2D eigenvalue weighted by atomic mass is 10.1. The minimum Gasteiger partial charge on any atom is -0.351 e. The van der Waals surface area contributed by atoms with Crippen molar-refractivity contribution in [2.24, 2.45) is 17.4 Å². The molecule has 0 aromatic carbocycles. The number of likely N-dealkylation sites (tertiary alicyclic amines) is 1. The third-order valence-corrected chi connectivity index (χ3v) is 3.17. The van der Waals surface area contributed by atoms with Gasteiger partial charge in [0.05, 0.1) is 6.04 Å². The van der Waals surface area contributed by atoms with Crippen LogP contribution in [0.1, 0.15) is 20.3 Å². The summed E-state index contributed by atoms with van der Waals surface area (Å²) in [6.07, 6.45) is 0.991. The van der Waals surface area contributed by atoms with Crippen LogP contribution in [0.3, 0.4) is 0 Å². The molecule has 0 aromatic heterocycles. The number of nitrogens with zero attached hydrogens (tertiary/aromatic N) is 1. The van der Waals surface area contributed by atoms with Gasteiger partial charge in [0.15, 0.2) is 0 Å². The van der Waals surface area contributed by atoms with Gasteiger partial charge >= 0.3 is 6.03 Å². The summed E-state index contributed by atoms with van der Waals surface area (Å²) in [6, 6.07) is -0.847. The summed E-state index contributed by atoms with van der Waals surface area (Å²) in [5.41, 5.74) is 10.5. The van der Waals surface area contributed by atoms with Gasteiger partial charge in [-0.15, -0.1) is 0 Å². The highest BCUT2D eigenvalue weighted by atomic mass is 16.2. The molecule has 1 saturated heterocycles. The first kappa shape index (κ1) is 12.9. The highest BCUT2D eigenvalue weighted by Crippen LogP contribution is 2.24. The minimum absolute atomic E-state index is 0.308. The Morgan fingerprint density at radius 2 is 2.19 bits per heavy atom. The van der Waals surface area contributed by atoms with Crippen LogP contribution in [0.5, 0.6) is 0 Å². The molecule has 92 valence electrons. The zero-order valence-electron chi connectivity index (χ0n) is 9.77. The number of nitrogens with two attached hydrogens (primary N) is 2. The zero-order valence-corrected chi connectivity index (χ0v) is 9.77. The summed E-state index contributed by atoms with van der Waals surface area (Å²) in [5, 5.41) is 2.10. The maximum atomic E-state index is 11.6. The topological polar surface area (TPSA) is 101 Å². The van der Waals surface area contributed by atoms with Gasteiger partial charge in [0, 0.05) is 12.6 Å². The molecule has 0 spiro atoms. The van der Waals surface area contributed by atoms with Gasteiger partial charge in [-0.25, -0.2) is 4.79 Å². The van der Waals surface area contributed by atoms with Crippen LogP contribution in [0.25, 0.3) is 0 Å². The second-order valence-corrected chi connectivity index (χ2v) is 4.41. The Hall–Kier alpha value is -1.14. The Morgan fingerprint density at radius 3 is 2.62 bits per heavy atom. The third-order valence-electron chi connectivity index (χ3n) is 3.17. The molecule has 6 nitrogen and oxygen atoms in total. The van der Waals surface area contributed by atoms with E-state index >= 15 is 0 Å². The van der Waals surface area contributed by atoms with Crippen molar-refractivity contribution >= 4 is 11.9 Å². The molecule has 0 aliphatic carbocycles. The lowest BCUT2D eigenvalue weighted by Gasteiger charge is -2.27. The number of urea groups is 1. The van der Waals surface area contributed by atoms with E-state index in [0.717, 1.165) is 13.0 Å². The molecule has 3 unspecified atom stereocenters. The van der Waals surface area contributed by atoms with Crippen LogP contribution < -0.4 is 16.8 Å². The lowest BCUT2D eigenvalue weighted by Crippen LogP contribution is -2.49. The molecule has 6 heteroatoms. The van der Waals surface area contributed by atoms with Gasteiger partial charge in [-0.1, -0.05) is 0 Å². The maximum absolute atomic E-state index is 11.6. The molecule has 16 heavy (non-hydrogen) atoms. The van der Waals surface area contributed by atoms with Gasteiger partial charge in [0.1, 0.15) is 0 Å². The minimum atomic E-state index is -0.806. The first-order valence-corrected chi connectivity index (χ1v) is 5.51. The largest absolute Gasteiger partial charge is 0.351 e. The first-order valence-electron chi connectivity index (χ1n) is 5.51. The van der Waals surface area contributed by atoms with Crippen LogP contribution in [0.4, 0.5) is 4.79 Å². The SMILES string of the molecule is CC1CC(CN)CN1C(C)C(=O)NC(N)=O. The second-order valence-electron chi connectivity index (χ2n) is 4.41. The van der Waals surface area contributed by atoms with E-state index in [4.69, 9.17) is 11.5 Å². The fraction of sp³-hybridized carbons (Fsp3) is 0.800. The Bertz CT molecular complexity index is 282. The van der Waals surface area contributed by atoms with Crippen molar-refractivity contribution < 1.29 is 9.59 Å². The normalized spacial score (nSPS) is 27.7. The summed E-state index contributed by atoms with van der Waals surface area (Å²) in [5.74, 6) is 0.0795. The molecule has 1 heterocycles. The summed E-state index contributed by atoms with van der Waals surface area (Å²) >= 11 is 0. The summed E-state index contributed by atoms with van der Waals surface area (Å²) in [7, 11) is 0. The number of primary amides is 1. The molecular formula is C10H20N4O2. The van der Waals surface area contributed by atoms with Crippen LogP contribution >= 0.6 is 0 Å². The lowest BCUT2D eigenvalue weighted by molar-refractivity contribution is -0.125. The van der Waals surface area contributed by atoms with E-state index in [1.807, 2.05) is 0 Å². The van der Waals surface area contributed by atoms with Crippen molar-refractivity contribution in [3.05, 3.63) is 0 Å². The monoisotopic (exact) mass is 228 g/mol.